The molecule has 0 aromatic carbocycles. The molecule has 0 N–H and O–H groups in total. The molecule has 3 rings (SSSR count). The van der Waals surface area contributed by atoms with Crippen molar-refractivity contribution in [1.82, 2.24) is 9.13 Å². The van der Waals surface area contributed by atoms with Crippen LogP contribution in [0.2, 0.25) is 0 Å². The van der Waals surface area contributed by atoms with E-state index in [-0.39, 0.29) is 16.9 Å². The van der Waals surface area contributed by atoms with Crippen molar-refractivity contribution in [3.05, 3.63) is 32.6 Å². The normalized spacial score (nSPS) is 30.4. The molecule has 5 heteroatoms. The van der Waals surface area contributed by atoms with Gasteiger partial charge in [0.05, 0.1) is 6.10 Å². The molecule has 2 atom stereocenters. The quantitative estimate of drug-likeness (QED) is 0.676. The molecule has 0 bridgehead atoms. The molecule has 2 aliphatic rings. The van der Waals surface area contributed by atoms with Crippen molar-refractivity contribution in [2.24, 2.45) is 14.1 Å². The minimum absolute atomic E-state index is 0.0729. The average molecular weight is 236 g/mol. The first-order valence-corrected chi connectivity index (χ1v) is 5.97. The lowest BCUT2D eigenvalue weighted by atomic mass is 10.0. The summed E-state index contributed by atoms with van der Waals surface area (Å²) in [6.45, 7) is 0. The Balaban J connectivity index is 1.99. The van der Waals surface area contributed by atoms with Gasteiger partial charge in [0.15, 0.2) is 0 Å². The number of nitrogens with zero attached hydrogens (tertiary/aromatic N) is 2. The van der Waals surface area contributed by atoms with Gasteiger partial charge in [0.2, 0.25) is 0 Å². The number of fused-ring (bicyclic) bond motifs is 1. The summed E-state index contributed by atoms with van der Waals surface area (Å²) < 4.78 is 8.36. The lowest BCUT2D eigenvalue weighted by Gasteiger charge is -2.12. The van der Waals surface area contributed by atoms with Crippen LogP contribution in [0.4, 0.5) is 0 Å². The Morgan fingerprint density at radius 3 is 2.76 bits per heavy atom. The highest BCUT2D eigenvalue weighted by Crippen LogP contribution is 2.51. The van der Waals surface area contributed by atoms with Crippen LogP contribution in [0.15, 0.2) is 15.7 Å². The molecule has 1 saturated carbocycles. The zero-order chi connectivity index (χ0) is 12.2. The molecule has 17 heavy (non-hydrogen) atoms. The summed E-state index contributed by atoms with van der Waals surface area (Å²) in [6, 6.07) is 1.55. The van der Waals surface area contributed by atoms with Gasteiger partial charge >= 0.3 is 5.69 Å². The molecule has 1 aromatic heterocycles. The zero-order valence-electron chi connectivity index (χ0n) is 10.1. The van der Waals surface area contributed by atoms with Gasteiger partial charge in [-0.2, -0.15) is 0 Å². The summed E-state index contributed by atoms with van der Waals surface area (Å²) in [5.41, 5.74) is 0.201. The smallest absolute Gasteiger partial charge is 0.330 e. The minimum Gasteiger partial charge on any atom is -0.366 e. The number of aromatic nitrogens is 2. The lowest BCUT2D eigenvalue weighted by Crippen LogP contribution is -2.39. The van der Waals surface area contributed by atoms with Crippen molar-refractivity contribution >= 4 is 0 Å². The largest absolute Gasteiger partial charge is 0.366 e. The van der Waals surface area contributed by atoms with E-state index in [1.807, 2.05) is 0 Å². The maximum atomic E-state index is 11.8. The van der Waals surface area contributed by atoms with Gasteiger partial charge in [0.25, 0.3) is 5.56 Å². The van der Waals surface area contributed by atoms with E-state index in [2.05, 4.69) is 0 Å². The maximum Gasteiger partial charge on any atom is 0.330 e. The molecule has 0 amide bonds. The van der Waals surface area contributed by atoms with E-state index >= 15 is 0 Å². The van der Waals surface area contributed by atoms with Gasteiger partial charge in [-0.15, -0.1) is 0 Å². The van der Waals surface area contributed by atoms with Crippen LogP contribution in [0.1, 0.15) is 25.0 Å². The third-order valence-corrected chi connectivity index (χ3v) is 4.08. The summed E-state index contributed by atoms with van der Waals surface area (Å²) >= 11 is 0. The minimum atomic E-state index is -0.265. The second-order valence-electron chi connectivity index (χ2n) is 5.11. The van der Waals surface area contributed by atoms with Crippen molar-refractivity contribution in [2.75, 3.05) is 0 Å². The van der Waals surface area contributed by atoms with Gasteiger partial charge in [-0.3, -0.25) is 9.36 Å². The molecule has 0 radical (unpaired) electrons. The zero-order valence-corrected chi connectivity index (χ0v) is 10.1. The lowest BCUT2D eigenvalue weighted by molar-refractivity contribution is 0.247. The Labute approximate surface area is 98.6 Å². The molecule has 1 aliphatic carbocycles. The van der Waals surface area contributed by atoms with E-state index < -0.39 is 0 Å². The van der Waals surface area contributed by atoms with Crippen LogP contribution in [0.5, 0.6) is 0 Å². The van der Waals surface area contributed by atoms with E-state index in [0.29, 0.717) is 12.5 Å². The first kappa shape index (κ1) is 10.8. The van der Waals surface area contributed by atoms with E-state index in [0.717, 1.165) is 23.1 Å². The number of rotatable bonds is 2. The van der Waals surface area contributed by atoms with Crippen LogP contribution < -0.4 is 11.2 Å². The average Bonchev–Trinajstić information content (AvgIpc) is 2.84. The van der Waals surface area contributed by atoms with Crippen LogP contribution >= 0.6 is 0 Å². The SMILES string of the molecule is Cn1c(CC23CCC[C@H]2O3)cc(=O)n(C)c1=O. The van der Waals surface area contributed by atoms with Gasteiger partial charge < -0.3 is 9.30 Å². The van der Waals surface area contributed by atoms with E-state index in [9.17, 15) is 9.59 Å². The van der Waals surface area contributed by atoms with Crippen molar-refractivity contribution in [3.63, 3.8) is 0 Å². The summed E-state index contributed by atoms with van der Waals surface area (Å²) in [6.07, 6.45) is 4.37. The second kappa shape index (κ2) is 3.32. The molecule has 1 unspecified atom stereocenters. The van der Waals surface area contributed by atoms with Crippen LogP contribution in [-0.2, 0) is 25.3 Å². The first-order chi connectivity index (χ1) is 8.03. The van der Waals surface area contributed by atoms with Gasteiger partial charge in [0, 0.05) is 32.3 Å². The standard InChI is InChI=1S/C12H16N2O3/c1-13-8(6-10(15)14(2)11(13)16)7-12-5-3-4-9(12)17-12/h6,9H,3-5,7H2,1-2H3/t9-,12?/m1/s1. The number of ether oxygens (including phenoxy) is 1. The summed E-state index contributed by atoms with van der Waals surface area (Å²) in [5.74, 6) is 0. The molecule has 1 aliphatic heterocycles. The molecular weight excluding hydrogens is 220 g/mol. The number of epoxide rings is 1. The predicted octanol–water partition coefficient (Wildman–Crippen LogP) is -0.0520. The fourth-order valence-electron chi connectivity index (χ4n) is 2.88. The third-order valence-electron chi connectivity index (χ3n) is 4.08. The molecule has 1 aromatic rings. The fraction of sp³-hybridized carbons (Fsp3) is 0.667. The Morgan fingerprint density at radius 1 is 1.41 bits per heavy atom. The van der Waals surface area contributed by atoms with Crippen LogP contribution in [0, 0.1) is 0 Å². The van der Waals surface area contributed by atoms with Crippen molar-refractivity contribution in [1.29, 1.82) is 0 Å². The van der Waals surface area contributed by atoms with Crippen LogP contribution in [-0.4, -0.2) is 20.8 Å². The molecule has 2 heterocycles. The first-order valence-electron chi connectivity index (χ1n) is 5.97. The Morgan fingerprint density at radius 2 is 2.18 bits per heavy atom. The van der Waals surface area contributed by atoms with Gasteiger partial charge in [-0.1, -0.05) is 0 Å². The summed E-state index contributed by atoms with van der Waals surface area (Å²) in [5, 5.41) is 0. The number of hydrogen-bond acceptors (Lipinski definition) is 3. The second-order valence-corrected chi connectivity index (χ2v) is 5.11. The molecule has 0 spiro atoms. The molecule has 2 fully saturated rings. The molecule has 1 saturated heterocycles. The maximum absolute atomic E-state index is 11.8. The van der Waals surface area contributed by atoms with Gasteiger partial charge in [-0.25, -0.2) is 4.79 Å². The molecular formula is C12H16N2O3. The highest BCUT2D eigenvalue weighted by molar-refractivity contribution is 5.16. The van der Waals surface area contributed by atoms with Gasteiger partial charge in [0.1, 0.15) is 5.60 Å². The Hall–Kier alpha value is -1.36. The fourth-order valence-corrected chi connectivity index (χ4v) is 2.88. The van der Waals surface area contributed by atoms with E-state index in [4.69, 9.17) is 4.74 Å². The van der Waals surface area contributed by atoms with Crippen molar-refractivity contribution in [3.8, 4) is 0 Å². The highest BCUT2D eigenvalue weighted by atomic mass is 16.6. The highest BCUT2D eigenvalue weighted by Gasteiger charge is 2.59. The molecule has 92 valence electrons. The Kier molecular flexibility index (Phi) is 2.10. The monoisotopic (exact) mass is 236 g/mol. The summed E-state index contributed by atoms with van der Waals surface area (Å²) in [7, 11) is 3.21. The van der Waals surface area contributed by atoms with Gasteiger partial charge in [-0.05, 0) is 19.3 Å². The van der Waals surface area contributed by atoms with E-state index in [1.54, 1.807) is 17.7 Å². The van der Waals surface area contributed by atoms with E-state index in [1.165, 1.54) is 13.5 Å². The summed E-state index contributed by atoms with van der Waals surface area (Å²) in [4.78, 5) is 23.4. The van der Waals surface area contributed by atoms with Crippen LogP contribution in [0.3, 0.4) is 0 Å². The van der Waals surface area contributed by atoms with Crippen LogP contribution in [0.25, 0.3) is 0 Å². The predicted molar refractivity (Wildman–Crippen MR) is 62.1 cm³/mol. The van der Waals surface area contributed by atoms with Crippen molar-refractivity contribution in [2.45, 2.75) is 37.4 Å². The Bertz CT molecular complexity index is 586. The molecule has 5 nitrogen and oxygen atoms in total. The third kappa shape index (κ3) is 1.49. The topological polar surface area (TPSA) is 56.5 Å². The number of hydrogen-bond donors (Lipinski definition) is 0. The van der Waals surface area contributed by atoms with Crippen molar-refractivity contribution < 1.29 is 4.74 Å².